The standard InChI is InChI=1S/C11H13FN2O5S2/c1-8-6-9(7-10(11(8)12)14(15)16)21(18,19)13-2-4-20(17)5-3-13/h6-7H,2-5H2,1H3. The highest BCUT2D eigenvalue weighted by atomic mass is 32.2. The van der Waals surface area contributed by atoms with E-state index in [1.165, 1.54) is 6.92 Å². The molecular formula is C11H13FN2O5S2. The molecule has 1 aliphatic rings. The fraction of sp³-hybridized carbons (Fsp3) is 0.455. The monoisotopic (exact) mass is 336 g/mol. The van der Waals surface area contributed by atoms with Crippen molar-refractivity contribution < 1.29 is 21.9 Å². The SMILES string of the molecule is Cc1cc(S(=O)(=O)N2CCS(=O)CC2)cc([N+](=O)[O-])c1F. The van der Waals surface area contributed by atoms with E-state index in [9.17, 15) is 27.1 Å². The second-order valence-electron chi connectivity index (χ2n) is 4.58. The molecule has 21 heavy (non-hydrogen) atoms. The minimum Gasteiger partial charge on any atom is -0.259 e. The van der Waals surface area contributed by atoms with E-state index in [0.29, 0.717) is 0 Å². The maximum Gasteiger partial charge on any atom is 0.306 e. The molecule has 0 bridgehead atoms. The molecular weight excluding hydrogens is 323 g/mol. The Labute approximate surface area is 123 Å². The van der Waals surface area contributed by atoms with Gasteiger partial charge in [-0.05, 0) is 18.6 Å². The van der Waals surface area contributed by atoms with Gasteiger partial charge in [0.2, 0.25) is 15.8 Å². The Kier molecular flexibility index (Phi) is 4.40. The molecule has 1 saturated heterocycles. The van der Waals surface area contributed by atoms with Gasteiger partial charge in [-0.15, -0.1) is 0 Å². The summed E-state index contributed by atoms with van der Waals surface area (Å²) >= 11 is 0. The van der Waals surface area contributed by atoms with Crippen LogP contribution in [0.15, 0.2) is 17.0 Å². The van der Waals surface area contributed by atoms with Crippen LogP contribution < -0.4 is 0 Å². The fourth-order valence-electron chi connectivity index (χ4n) is 2.01. The van der Waals surface area contributed by atoms with Gasteiger partial charge in [-0.3, -0.25) is 14.3 Å². The Morgan fingerprint density at radius 1 is 1.33 bits per heavy atom. The van der Waals surface area contributed by atoms with Crippen molar-refractivity contribution in [2.24, 2.45) is 0 Å². The normalized spacial score (nSPS) is 17.8. The maximum atomic E-state index is 13.6. The quantitative estimate of drug-likeness (QED) is 0.600. The molecule has 2 rings (SSSR count). The molecule has 0 aromatic heterocycles. The summed E-state index contributed by atoms with van der Waals surface area (Å²) in [6.45, 7) is 1.44. The largest absolute Gasteiger partial charge is 0.306 e. The van der Waals surface area contributed by atoms with E-state index in [1.54, 1.807) is 0 Å². The third-order valence-corrected chi connectivity index (χ3v) is 6.33. The van der Waals surface area contributed by atoms with Crippen LogP contribution in [0.3, 0.4) is 0 Å². The molecule has 0 unspecified atom stereocenters. The summed E-state index contributed by atoms with van der Waals surface area (Å²) in [5, 5.41) is 10.8. The molecule has 0 saturated carbocycles. The molecule has 0 spiro atoms. The number of benzene rings is 1. The topological polar surface area (TPSA) is 97.6 Å². The van der Waals surface area contributed by atoms with Crippen LogP contribution in [0.5, 0.6) is 0 Å². The van der Waals surface area contributed by atoms with E-state index >= 15 is 0 Å². The molecule has 1 aliphatic heterocycles. The molecule has 0 radical (unpaired) electrons. The van der Waals surface area contributed by atoms with E-state index < -0.39 is 37.3 Å². The van der Waals surface area contributed by atoms with Gasteiger partial charge in [-0.1, -0.05) is 0 Å². The lowest BCUT2D eigenvalue weighted by molar-refractivity contribution is -0.387. The first-order valence-corrected chi connectivity index (χ1v) is 8.96. The van der Waals surface area contributed by atoms with E-state index in [0.717, 1.165) is 16.4 Å². The summed E-state index contributed by atoms with van der Waals surface area (Å²) in [6.07, 6.45) is 0. The number of halogens is 1. The fourth-order valence-corrected chi connectivity index (χ4v) is 4.84. The van der Waals surface area contributed by atoms with Gasteiger partial charge in [0.15, 0.2) is 0 Å². The van der Waals surface area contributed by atoms with Gasteiger partial charge >= 0.3 is 5.69 Å². The van der Waals surface area contributed by atoms with Gasteiger partial charge in [0.25, 0.3) is 0 Å². The molecule has 0 atom stereocenters. The van der Waals surface area contributed by atoms with Gasteiger partial charge in [0.05, 0.1) is 9.82 Å². The van der Waals surface area contributed by atoms with Gasteiger partial charge in [0.1, 0.15) is 0 Å². The molecule has 0 N–H and O–H groups in total. The second kappa shape index (κ2) is 5.78. The summed E-state index contributed by atoms with van der Waals surface area (Å²) in [4.78, 5) is 9.52. The van der Waals surface area contributed by atoms with Crippen LogP contribution in [-0.4, -0.2) is 46.5 Å². The van der Waals surface area contributed by atoms with Crippen molar-refractivity contribution in [3.05, 3.63) is 33.6 Å². The van der Waals surface area contributed by atoms with Gasteiger partial charge in [0, 0.05) is 41.5 Å². The Bertz CT molecular complexity index is 710. The molecule has 1 fully saturated rings. The van der Waals surface area contributed by atoms with Crippen LogP contribution >= 0.6 is 0 Å². The average molecular weight is 336 g/mol. The number of rotatable bonds is 3. The van der Waals surface area contributed by atoms with Gasteiger partial charge in [-0.25, -0.2) is 8.42 Å². The van der Waals surface area contributed by atoms with Crippen LogP contribution in [0.1, 0.15) is 5.56 Å². The summed E-state index contributed by atoms with van der Waals surface area (Å²) < 4.78 is 50.8. The average Bonchev–Trinajstić information content (AvgIpc) is 2.41. The summed E-state index contributed by atoms with van der Waals surface area (Å²) in [7, 11) is -5.00. The van der Waals surface area contributed by atoms with Crippen molar-refractivity contribution >= 4 is 26.5 Å². The van der Waals surface area contributed by atoms with Crippen LogP contribution in [0.2, 0.25) is 0 Å². The molecule has 1 heterocycles. The van der Waals surface area contributed by atoms with Crippen LogP contribution in [0.4, 0.5) is 10.1 Å². The van der Waals surface area contributed by atoms with Crippen molar-refractivity contribution in [1.29, 1.82) is 0 Å². The van der Waals surface area contributed by atoms with Crippen molar-refractivity contribution in [3.63, 3.8) is 0 Å². The van der Waals surface area contributed by atoms with Crippen molar-refractivity contribution in [2.45, 2.75) is 11.8 Å². The first kappa shape index (κ1) is 16.0. The molecule has 0 amide bonds. The highest BCUT2D eigenvalue weighted by molar-refractivity contribution is 7.89. The molecule has 1 aromatic carbocycles. The lowest BCUT2D eigenvalue weighted by atomic mass is 10.2. The van der Waals surface area contributed by atoms with Crippen LogP contribution in [0.25, 0.3) is 0 Å². The smallest absolute Gasteiger partial charge is 0.259 e. The van der Waals surface area contributed by atoms with Crippen molar-refractivity contribution in [3.8, 4) is 0 Å². The number of hydrogen-bond acceptors (Lipinski definition) is 5. The number of aryl methyl sites for hydroxylation is 1. The third-order valence-electron chi connectivity index (χ3n) is 3.18. The van der Waals surface area contributed by atoms with E-state index in [1.807, 2.05) is 0 Å². The Hall–Kier alpha value is -1.39. The minimum absolute atomic E-state index is 0.0825. The van der Waals surface area contributed by atoms with Gasteiger partial charge in [-0.2, -0.15) is 8.70 Å². The zero-order valence-corrected chi connectivity index (χ0v) is 12.7. The first-order chi connectivity index (χ1) is 9.73. The minimum atomic E-state index is -3.95. The predicted molar refractivity (Wildman–Crippen MR) is 74.4 cm³/mol. The van der Waals surface area contributed by atoms with E-state index in [-0.39, 0.29) is 35.1 Å². The van der Waals surface area contributed by atoms with E-state index in [2.05, 4.69) is 0 Å². The van der Waals surface area contributed by atoms with Crippen LogP contribution in [-0.2, 0) is 20.8 Å². The summed E-state index contributed by atoms with van der Waals surface area (Å²) in [5.74, 6) is -0.595. The second-order valence-corrected chi connectivity index (χ2v) is 8.22. The maximum absolute atomic E-state index is 13.6. The Balaban J connectivity index is 2.45. The third kappa shape index (κ3) is 3.11. The Morgan fingerprint density at radius 2 is 1.90 bits per heavy atom. The Morgan fingerprint density at radius 3 is 2.43 bits per heavy atom. The first-order valence-electron chi connectivity index (χ1n) is 6.03. The molecule has 0 aliphatic carbocycles. The highest BCUT2D eigenvalue weighted by Gasteiger charge is 2.31. The predicted octanol–water partition coefficient (Wildman–Crippen LogP) is 0.795. The number of nitro benzene ring substituents is 1. The summed E-state index contributed by atoms with van der Waals surface area (Å²) in [5.41, 5.74) is -0.975. The number of sulfonamides is 1. The zero-order valence-electron chi connectivity index (χ0n) is 11.1. The molecule has 1 aromatic rings. The van der Waals surface area contributed by atoms with Crippen molar-refractivity contribution in [1.82, 2.24) is 4.31 Å². The van der Waals surface area contributed by atoms with Gasteiger partial charge < -0.3 is 0 Å². The van der Waals surface area contributed by atoms with Crippen molar-refractivity contribution in [2.75, 3.05) is 24.6 Å². The zero-order chi connectivity index (χ0) is 15.8. The lowest BCUT2D eigenvalue weighted by Gasteiger charge is -2.25. The number of nitrogens with zero attached hydrogens (tertiary/aromatic N) is 2. The molecule has 7 nitrogen and oxygen atoms in total. The molecule has 116 valence electrons. The van der Waals surface area contributed by atoms with Crippen LogP contribution in [0, 0.1) is 22.9 Å². The lowest BCUT2D eigenvalue weighted by Crippen LogP contribution is -2.41. The highest BCUT2D eigenvalue weighted by Crippen LogP contribution is 2.27. The summed E-state index contributed by atoms with van der Waals surface area (Å²) in [6, 6.07) is 1.80. The van der Waals surface area contributed by atoms with E-state index in [4.69, 9.17) is 0 Å². The molecule has 10 heteroatoms. The number of nitro groups is 1. The number of hydrogen-bond donors (Lipinski definition) is 0.